The number of hydrogen-bond acceptors (Lipinski definition) is 2. The predicted molar refractivity (Wildman–Crippen MR) is 86.6 cm³/mol. The van der Waals surface area contributed by atoms with Crippen molar-refractivity contribution in [2.24, 2.45) is 0 Å². The van der Waals surface area contributed by atoms with Crippen LogP contribution in [0, 0.1) is 20.8 Å². The summed E-state index contributed by atoms with van der Waals surface area (Å²) in [5.41, 5.74) is 3.26. The van der Waals surface area contributed by atoms with E-state index >= 15 is 0 Å². The smallest absolute Gasteiger partial charge is 0.259 e. The molecule has 0 fully saturated rings. The Kier molecular flexibility index (Phi) is 3.59. The maximum Gasteiger partial charge on any atom is 0.259 e. The van der Waals surface area contributed by atoms with E-state index in [4.69, 9.17) is 4.42 Å². The zero-order valence-electron chi connectivity index (χ0n) is 12.9. The van der Waals surface area contributed by atoms with Gasteiger partial charge in [0.2, 0.25) is 0 Å². The van der Waals surface area contributed by atoms with E-state index in [-0.39, 0.29) is 5.91 Å². The summed E-state index contributed by atoms with van der Waals surface area (Å²) in [6, 6.07) is 11.7. The lowest BCUT2D eigenvalue weighted by Gasteiger charge is -2.08. The van der Waals surface area contributed by atoms with Gasteiger partial charge < -0.3 is 14.3 Å². The highest BCUT2D eigenvalue weighted by Gasteiger charge is 2.18. The molecule has 112 valence electrons. The Morgan fingerprint density at radius 3 is 2.41 bits per heavy atom. The van der Waals surface area contributed by atoms with Crippen molar-refractivity contribution in [2.75, 3.05) is 5.32 Å². The van der Waals surface area contributed by atoms with Crippen LogP contribution in [-0.4, -0.2) is 10.5 Å². The molecule has 4 nitrogen and oxygen atoms in total. The van der Waals surface area contributed by atoms with Crippen LogP contribution in [-0.2, 0) is 0 Å². The van der Waals surface area contributed by atoms with Crippen molar-refractivity contribution in [3.63, 3.8) is 0 Å². The highest BCUT2D eigenvalue weighted by molar-refractivity contribution is 6.06. The van der Waals surface area contributed by atoms with Crippen molar-refractivity contribution in [3.05, 3.63) is 71.4 Å². The van der Waals surface area contributed by atoms with Gasteiger partial charge in [-0.1, -0.05) is 6.07 Å². The van der Waals surface area contributed by atoms with Crippen LogP contribution < -0.4 is 5.32 Å². The minimum absolute atomic E-state index is 0.142. The number of nitrogens with one attached hydrogen (secondary N) is 1. The number of carbonyl (C=O) groups excluding carboxylic acids is 1. The third kappa shape index (κ3) is 2.55. The van der Waals surface area contributed by atoms with Gasteiger partial charge in [-0.2, -0.15) is 0 Å². The van der Waals surface area contributed by atoms with E-state index in [2.05, 4.69) is 5.32 Å². The number of hydrogen-bond donors (Lipinski definition) is 1. The molecule has 0 bridgehead atoms. The van der Waals surface area contributed by atoms with Crippen molar-refractivity contribution >= 4 is 11.6 Å². The van der Waals surface area contributed by atoms with Gasteiger partial charge in [0, 0.05) is 29.3 Å². The molecular formula is C18H18N2O2. The normalized spacial score (nSPS) is 10.7. The van der Waals surface area contributed by atoms with Gasteiger partial charge >= 0.3 is 0 Å². The molecule has 1 N–H and O–H groups in total. The van der Waals surface area contributed by atoms with Crippen molar-refractivity contribution in [3.8, 4) is 5.69 Å². The molecule has 0 atom stereocenters. The molecule has 0 aliphatic rings. The Balaban J connectivity index is 1.87. The number of benzene rings is 1. The van der Waals surface area contributed by atoms with E-state index in [9.17, 15) is 4.79 Å². The van der Waals surface area contributed by atoms with Crippen LogP contribution in [0.4, 0.5) is 5.69 Å². The fraction of sp³-hybridized carbons (Fsp3) is 0.167. The summed E-state index contributed by atoms with van der Waals surface area (Å²) < 4.78 is 7.52. The monoisotopic (exact) mass is 294 g/mol. The first-order valence-electron chi connectivity index (χ1n) is 7.17. The fourth-order valence-electron chi connectivity index (χ4n) is 2.57. The van der Waals surface area contributed by atoms with E-state index in [0.717, 1.165) is 22.7 Å². The second-order valence-electron chi connectivity index (χ2n) is 5.31. The average molecular weight is 294 g/mol. The zero-order valence-corrected chi connectivity index (χ0v) is 12.9. The molecule has 22 heavy (non-hydrogen) atoms. The summed E-state index contributed by atoms with van der Waals surface area (Å²) in [7, 11) is 0. The Labute approximate surface area is 129 Å². The number of furan rings is 1. The Bertz CT molecular complexity index is 814. The molecule has 0 radical (unpaired) electrons. The molecule has 0 saturated carbocycles. The SMILES string of the molecule is Cc1oc(C)c(C(=O)Nc2cccc(-n3cccc3)c2)c1C. The van der Waals surface area contributed by atoms with Crippen LogP contribution in [0.3, 0.4) is 0 Å². The van der Waals surface area contributed by atoms with E-state index in [0.29, 0.717) is 11.3 Å². The molecule has 0 unspecified atom stereocenters. The minimum Gasteiger partial charge on any atom is -0.466 e. The molecule has 0 saturated heterocycles. The topological polar surface area (TPSA) is 47.2 Å². The van der Waals surface area contributed by atoms with E-state index < -0.39 is 0 Å². The Hall–Kier alpha value is -2.75. The van der Waals surface area contributed by atoms with Crippen molar-refractivity contribution in [2.45, 2.75) is 20.8 Å². The minimum atomic E-state index is -0.142. The molecule has 4 heteroatoms. The fourth-order valence-corrected chi connectivity index (χ4v) is 2.57. The van der Waals surface area contributed by atoms with Crippen molar-refractivity contribution in [1.82, 2.24) is 4.57 Å². The van der Waals surface area contributed by atoms with Gasteiger partial charge in [-0.15, -0.1) is 0 Å². The van der Waals surface area contributed by atoms with E-state index in [1.165, 1.54) is 0 Å². The quantitative estimate of drug-likeness (QED) is 0.785. The number of nitrogens with zero attached hydrogens (tertiary/aromatic N) is 1. The second-order valence-corrected chi connectivity index (χ2v) is 5.31. The zero-order chi connectivity index (χ0) is 15.7. The molecule has 0 spiro atoms. The molecule has 2 aromatic heterocycles. The summed E-state index contributed by atoms with van der Waals surface area (Å²) in [4.78, 5) is 12.5. The number of rotatable bonds is 3. The summed E-state index contributed by atoms with van der Waals surface area (Å²) in [5.74, 6) is 1.29. The predicted octanol–water partition coefficient (Wildman–Crippen LogP) is 4.25. The van der Waals surface area contributed by atoms with Gasteiger partial charge in [-0.25, -0.2) is 0 Å². The standard InChI is InChI=1S/C18H18N2O2/c1-12-13(2)22-14(3)17(12)18(21)19-15-7-6-8-16(11-15)20-9-4-5-10-20/h4-11H,1-3H3,(H,19,21). The maximum atomic E-state index is 12.5. The molecule has 1 aromatic carbocycles. The van der Waals surface area contributed by atoms with Gasteiger partial charge in [0.15, 0.2) is 0 Å². The molecule has 2 heterocycles. The third-order valence-electron chi connectivity index (χ3n) is 3.80. The summed E-state index contributed by atoms with van der Waals surface area (Å²) in [6.45, 7) is 5.58. The van der Waals surface area contributed by atoms with Crippen LogP contribution in [0.5, 0.6) is 0 Å². The largest absolute Gasteiger partial charge is 0.466 e. The van der Waals surface area contributed by atoms with Gasteiger partial charge in [0.05, 0.1) is 5.56 Å². The van der Waals surface area contributed by atoms with Crippen molar-refractivity contribution < 1.29 is 9.21 Å². The average Bonchev–Trinajstić information content (AvgIpc) is 3.09. The number of anilines is 1. The molecular weight excluding hydrogens is 276 g/mol. The number of aromatic nitrogens is 1. The number of carbonyl (C=O) groups is 1. The maximum absolute atomic E-state index is 12.5. The van der Waals surface area contributed by atoms with Gasteiger partial charge in [-0.05, 0) is 51.1 Å². The number of aryl methyl sites for hydroxylation is 2. The Morgan fingerprint density at radius 1 is 1.05 bits per heavy atom. The highest BCUT2D eigenvalue weighted by Crippen LogP contribution is 2.22. The lowest BCUT2D eigenvalue weighted by molar-refractivity contribution is 0.102. The summed E-state index contributed by atoms with van der Waals surface area (Å²) in [5, 5.41) is 2.94. The lowest BCUT2D eigenvalue weighted by Crippen LogP contribution is -2.13. The van der Waals surface area contributed by atoms with Crippen LogP contribution in [0.15, 0.2) is 53.2 Å². The summed E-state index contributed by atoms with van der Waals surface area (Å²) >= 11 is 0. The van der Waals surface area contributed by atoms with Gasteiger partial charge in [0.1, 0.15) is 11.5 Å². The molecule has 3 rings (SSSR count). The first-order chi connectivity index (χ1) is 10.6. The highest BCUT2D eigenvalue weighted by atomic mass is 16.3. The summed E-state index contributed by atoms with van der Waals surface area (Å²) in [6.07, 6.45) is 3.93. The first-order valence-corrected chi connectivity index (χ1v) is 7.17. The second kappa shape index (κ2) is 5.56. The van der Waals surface area contributed by atoms with Gasteiger partial charge in [-0.3, -0.25) is 4.79 Å². The molecule has 1 amide bonds. The van der Waals surface area contributed by atoms with Crippen LogP contribution >= 0.6 is 0 Å². The molecule has 0 aliphatic heterocycles. The third-order valence-corrected chi connectivity index (χ3v) is 3.80. The number of amides is 1. The van der Waals surface area contributed by atoms with Crippen LogP contribution in [0.25, 0.3) is 5.69 Å². The Morgan fingerprint density at radius 2 is 1.77 bits per heavy atom. The lowest BCUT2D eigenvalue weighted by atomic mass is 10.1. The molecule has 3 aromatic rings. The van der Waals surface area contributed by atoms with E-state index in [1.54, 1.807) is 0 Å². The van der Waals surface area contributed by atoms with Crippen LogP contribution in [0.2, 0.25) is 0 Å². The van der Waals surface area contributed by atoms with Crippen LogP contribution in [0.1, 0.15) is 27.4 Å². The van der Waals surface area contributed by atoms with Gasteiger partial charge in [0.25, 0.3) is 5.91 Å². The van der Waals surface area contributed by atoms with Crippen molar-refractivity contribution in [1.29, 1.82) is 0 Å². The molecule has 0 aliphatic carbocycles. The van der Waals surface area contributed by atoms with E-state index in [1.807, 2.05) is 74.1 Å². The first kappa shape index (κ1) is 14.2.